The molecule has 0 saturated heterocycles. The third-order valence-corrected chi connectivity index (χ3v) is 6.09. The van der Waals surface area contributed by atoms with E-state index in [1.165, 1.54) is 17.3 Å². The SMILES string of the molecule is CCc1ccc(-c2ccc3nnc(SCC(=O)Nc4ccc(Cl)c(Cl)c4)n3n2)cc1. The minimum atomic E-state index is -0.193. The van der Waals surface area contributed by atoms with Crippen LogP contribution in [-0.2, 0) is 11.2 Å². The Morgan fingerprint density at radius 1 is 1.03 bits per heavy atom. The van der Waals surface area contributed by atoms with Crippen LogP contribution in [0.25, 0.3) is 16.9 Å². The topological polar surface area (TPSA) is 72.2 Å². The summed E-state index contributed by atoms with van der Waals surface area (Å²) in [5.41, 5.74) is 4.30. The van der Waals surface area contributed by atoms with Crippen molar-refractivity contribution in [3.63, 3.8) is 0 Å². The van der Waals surface area contributed by atoms with Gasteiger partial charge in [-0.3, -0.25) is 4.79 Å². The number of hydrogen-bond acceptors (Lipinski definition) is 5. The van der Waals surface area contributed by atoms with E-state index >= 15 is 0 Å². The van der Waals surface area contributed by atoms with E-state index in [2.05, 4.69) is 51.8 Å². The lowest BCUT2D eigenvalue weighted by Crippen LogP contribution is -2.14. The van der Waals surface area contributed by atoms with Crippen molar-refractivity contribution in [3.05, 3.63) is 70.2 Å². The molecule has 30 heavy (non-hydrogen) atoms. The van der Waals surface area contributed by atoms with Gasteiger partial charge in [0.15, 0.2) is 5.65 Å². The van der Waals surface area contributed by atoms with Crippen molar-refractivity contribution in [1.29, 1.82) is 0 Å². The fraction of sp³-hybridized carbons (Fsp3) is 0.143. The summed E-state index contributed by atoms with van der Waals surface area (Å²) in [6.07, 6.45) is 0.989. The lowest BCUT2D eigenvalue weighted by molar-refractivity contribution is -0.113. The fourth-order valence-corrected chi connectivity index (χ4v) is 3.81. The smallest absolute Gasteiger partial charge is 0.234 e. The van der Waals surface area contributed by atoms with Crippen LogP contribution in [0.1, 0.15) is 12.5 Å². The Bertz CT molecular complexity index is 1210. The van der Waals surface area contributed by atoms with Gasteiger partial charge < -0.3 is 5.32 Å². The van der Waals surface area contributed by atoms with E-state index < -0.39 is 0 Å². The van der Waals surface area contributed by atoms with Crippen LogP contribution in [0.15, 0.2) is 59.8 Å². The van der Waals surface area contributed by atoms with Gasteiger partial charge in [0.05, 0.1) is 21.5 Å². The molecule has 0 radical (unpaired) electrons. The van der Waals surface area contributed by atoms with E-state index in [4.69, 9.17) is 23.2 Å². The Morgan fingerprint density at radius 3 is 2.57 bits per heavy atom. The number of carbonyl (C=O) groups is 1. The molecule has 0 spiro atoms. The third kappa shape index (κ3) is 4.59. The summed E-state index contributed by atoms with van der Waals surface area (Å²) in [7, 11) is 0. The molecule has 0 fully saturated rings. The summed E-state index contributed by atoms with van der Waals surface area (Å²) in [5.74, 6) is -0.0422. The lowest BCUT2D eigenvalue weighted by Gasteiger charge is -2.06. The van der Waals surface area contributed by atoms with E-state index in [-0.39, 0.29) is 11.7 Å². The monoisotopic (exact) mass is 457 g/mol. The average Bonchev–Trinajstić information content (AvgIpc) is 3.17. The number of thioether (sulfide) groups is 1. The molecule has 0 aliphatic rings. The van der Waals surface area contributed by atoms with Crippen molar-refractivity contribution >= 4 is 52.2 Å². The molecule has 4 aromatic rings. The van der Waals surface area contributed by atoms with Gasteiger partial charge in [0, 0.05) is 11.3 Å². The quantitative estimate of drug-likeness (QED) is 0.392. The van der Waals surface area contributed by atoms with Crippen LogP contribution in [0.2, 0.25) is 10.0 Å². The van der Waals surface area contributed by atoms with Crippen molar-refractivity contribution in [2.75, 3.05) is 11.1 Å². The highest BCUT2D eigenvalue weighted by Crippen LogP contribution is 2.25. The summed E-state index contributed by atoms with van der Waals surface area (Å²) in [5, 5.41) is 17.1. The van der Waals surface area contributed by atoms with E-state index in [0.717, 1.165) is 17.7 Å². The second-order valence-electron chi connectivity index (χ2n) is 6.49. The molecule has 0 atom stereocenters. The van der Waals surface area contributed by atoms with Crippen molar-refractivity contribution in [2.24, 2.45) is 0 Å². The van der Waals surface area contributed by atoms with Crippen LogP contribution in [0.4, 0.5) is 5.69 Å². The number of anilines is 1. The molecule has 0 aliphatic heterocycles. The first-order chi connectivity index (χ1) is 14.5. The first kappa shape index (κ1) is 20.7. The molecule has 1 N–H and O–H groups in total. The van der Waals surface area contributed by atoms with Crippen LogP contribution in [-0.4, -0.2) is 31.5 Å². The van der Waals surface area contributed by atoms with Gasteiger partial charge in [0.2, 0.25) is 11.1 Å². The normalized spacial score (nSPS) is 11.0. The first-order valence-electron chi connectivity index (χ1n) is 9.23. The molecular weight excluding hydrogens is 441 g/mol. The molecule has 2 heterocycles. The molecule has 0 unspecified atom stereocenters. The minimum Gasteiger partial charge on any atom is -0.325 e. The van der Waals surface area contributed by atoms with Gasteiger partial charge in [-0.2, -0.15) is 9.61 Å². The van der Waals surface area contributed by atoms with Crippen LogP contribution in [0, 0.1) is 0 Å². The highest BCUT2D eigenvalue weighted by atomic mass is 35.5. The highest BCUT2D eigenvalue weighted by molar-refractivity contribution is 7.99. The second kappa shape index (κ2) is 9.04. The maximum absolute atomic E-state index is 12.3. The van der Waals surface area contributed by atoms with Gasteiger partial charge in [0.1, 0.15) is 0 Å². The Morgan fingerprint density at radius 2 is 1.83 bits per heavy atom. The summed E-state index contributed by atoms with van der Waals surface area (Å²) >= 11 is 13.1. The number of nitrogens with zero attached hydrogens (tertiary/aromatic N) is 4. The number of amides is 1. The highest BCUT2D eigenvalue weighted by Gasteiger charge is 2.12. The minimum absolute atomic E-state index is 0.151. The first-order valence-corrected chi connectivity index (χ1v) is 11.0. The zero-order valence-corrected chi connectivity index (χ0v) is 18.3. The number of aryl methyl sites for hydroxylation is 1. The maximum Gasteiger partial charge on any atom is 0.234 e. The van der Waals surface area contributed by atoms with Gasteiger partial charge in [0.25, 0.3) is 0 Å². The summed E-state index contributed by atoms with van der Waals surface area (Å²) in [6.45, 7) is 2.12. The van der Waals surface area contributed by atoms with Gasteiger partial charge in [-0.25, -0.2) is 0 Å². The predicted molar refractivity (Wildman–Crippen MR) is 121 cm³/mol. The van der Waals surface area contributed by atoms with Crippen LogP contribution >= 0.6 is 35.0 Å². The standard InChI is InChI=1S/C21H17Cl2N5OS/c1-2-13-3-5-14(6-4-13)18-9-10-19-25-26-21(28(19)27-18)30-12-20(29)24-15-7-8-16(22)17(23)11-15/h3-11H,2,12H2,1H3,(H,24,29). The molecule has 0 aliphatic carbocycles. The van der Waals surface area contributed by atoms with E-state index in [1.807, 2.05) is 12.1 Å². The molecule has 1 amide bonds. The van der Waals surface area contributed by atoms with Crippen molar-refractivity contribution in [2.45, 2.75) is 18.5 Å². The van der Waals surface area contributed by atoms with E-state index in [1.54, 1.807) is 22.7 Å². The number of hydrogen-bond donors (Lipinski definition) is 1. The fourth-order valence-electron chi connectivity index (χ4n) is 2.83. The lowest BCUT2D eigenvalue weighted by atomic mass is 10.1. The van der Waals surface area contributed by atoms with Crippen LogP contribution in [0.5, 0.6) is 0 Å². The zero-order chi connectivity index (χ0) is 21.1. The Hall–Kier alpha value is -2.61. The number of carbonyl (C=O) groups excluding carboxylic acids is 1. The molecule has 4 rings (SSSR count). The number of aromatic nitrogens is 4. The van der Waals surface area contributed by atoms with Crippen molar-refractivity contribution in [3.8, 4) is 11.3 Å². The zero-order valence-electron chi connectivity index (χ0n) is 16.0. The molecule has 0 saturated carbocycles. The Balaban J connectivity index is 1.48. The molecule has 2 aromatic heterocycles. The summed E-state index contributed by atoms with van der Waals surface area (Å²) in [6, 6.07) is 17.0. The second-order valence-corrected chi connectivity index (χ2v) is 8.24. The maximum atomic E-state index is 12.3. The molecule has 2 aromatic carbocycles. The van der Waals surface area contributed by atoms with Gasteiger partial charge >= 0.3 is 0 Å². The third-order valence-electron chi connectivity index (χ3n) is 4.43. The molecular formula is C21H17Cl2N5OS. The van der Waals surface area contributed by atoms with Crippen molar-refractivity contribution in [1.82, 2.24) is 19.8 Å². The number of benzene rings is 2. The van der Waals surface area contributed by atoms with E-state index in [0.29, 0.717) is 26.5 Å². The summed E-state index contributed by atoms with van der Waals surface area (Å²) < 4.78 is 1.65. The van der Waals surface area contributed by atoms with Crippen LogP contribution < -0.4 is 5.32 Å². The number of fused-ring (bicyclic) bond motifs is 1. The molecule has 152 valence electrons. The Labute approximate surface area is 187 Å². The average molecular weight is 458 g/mol. The van der Waals surface area contributed by atoms with Gasteiger partial charge in [-0.1, -0.05) is 66.2 Å². The summed E-state index contributed by atoms with van der Waals surface area (Å²) in [4.78, 5) is 12.3. The van der Waals surface area contributed by atoms with Gasteiger partial charge in [-0.05, 0) is 42.3 Å². The predicted octanol–water partition coefficient (Wildman–Crippen LogP) is 5.39. The van der Waals surface area contributed by atoms with Crippen LogP contribution in [0.3, 0.4) is 0 Å². The molecule has 0 bridgehead atoms. The van der Waals surface area contributed by atoms with E-state index in [9.17, 15) is 4.79 Å². The van der Waals surface area contributed by atoms with Crippen molar-refractivity contribution < 1.29 is 4.79 Å². The van der Waals surface area contributed by atoms with Gasteiger partial charge in [-0.15, -0.1) is 10.2 Å². The number of halogens is 2. The Kier molecular flexibility index (Phi) is 6.22. The number of rotatable bonds is 6. The molecule has 9 heteroatoms. The largest absolute Gasteiger partial charge is 0.325 e. The molecule has 6 nitrogen and oxygen atoms in total. The number of nitrogens with one attached hydrogen (secondary N) is 1.